The molecule has 0 fully saturated rings. The largest absolute Gasteiger partial charge is 0.483 e. The van der Waals surface area contributed by atoms with Crippen molar-refractivity contribution in [2.45, 2.75) is 13.2 Å². The highest BCUT2D eigenvalue weighted by Gasteiger charge is 2.03. The highest BCUT2D eigenvalue weighted by Crippen LogP contribution is 2.06. The molecule has 0 aliphatic heterocycles. The molecular weight excluding hydrogens is 228 g/mol. The van der Waals surface area contributed by atoms with E-state index in [1.165, 1.54) is 4.57 Å². The van der Waals surface area contributed by atoms with Crippen LogP contribution in [-0.2, 0) is 13.2 Å². The van der Waals surface area contributed by atoms with Gasteiger partial charge in [-0.3, -0.25) is 9.36 Å². The monoisotopic (exact) mass is 240 g/mol. The molecule has 0 bridgehead atoms. The minimum Gasteiger partial charge on any atom is -0.483 e. The molecule has 4 heteroatoms. The summed E-state index contributed by atoms with van der Waals surface area (Å²) in [5, 5.41) is 8.59. The molecule has 0 radical (unpaired) electrons. The molecule has 2 aromatic rings. The lowest BCUT2D eigenvalue weighted by Gasteiger charge is -2.07. The van der Waals surface area contributed by atoms with Gasteiger partial charge in [-0.1, -0.05) is 30.3 Å². The molecule has 2 rings (SSSR count). The molecule has 18 heavy (non-hydrogen) atoms. The van der Waals surface area contributed by atoms with E-state index < -0.39 is 0 Å². The van der Waals surface area contributed by atoms with Crippen LogP contribution in [0.2, 0.25) is 0 Å². The Morgan fingerprint density at radius 1 is 1.17 bits per heavy atom. The molecule has 0 aliphatic rings. The molecule has 0 spiro atoms. The lowest BCUT2D eigenvalue weighted by Crippen LogP contribution is -2.20. The van der Waals surface area contributed by atoms with Crippen molar-refractivity contribution in [3.63, 3.8) is 0 Å². The Balaban J connectivity index is 2.13. The molecule has 1 heterocycles. The predicted octanol–water partition coefficient (Wildman–Crippen LogP) is 1.95. The highest BCUT2D eigenvalue weighted by atomic mass is 16.5. The average Bonchev–Trinajstić information content (AvgIpc) is 2.41. The van der Waals surface area contributed by atoms with Gasteiger partial charge in [0, 0.05) is 6.20 Å². The van der Waals surface area contributed by atoms with Crippen molar-refractivity contribution in [1.82, 2.24) is 4.57 Å². The molecule has 0 saturated heterocycles. The van der Waals surface area contributed by atoms with E-state index in [4.69, 9.17) is 10.00 Å². The standard InChI is InChI=1S/C14H12N2O2/c15-8-10-16-9-4-7-13(14(16)17)18-11-12-5-2-1-3-6-12/h1-7,9H,10-11H2. The maximum Gasteiger partial charge on any atom is 0.293 e. The van der Waals surface area contributed by atoms with Gasteiger partial charge in [0.1, 0.15) is 13.2 Å². The minimum absolute atomic E-state index is 0.0291. The van der Waals surface area contributed by atoms with Crippen LogP contribution in [0.4, 0.5) is 0 Å². The van der Waals surface area contributed by atoms with Crippen molar-refractivity contribution in [3.8, 4) is 11.8 Å². The van der Waals surface area contributed by atoms with Crippen LogP contribution in [0.15, 0.2) is 53.5 Å². The third-order valence-electron chi connectivity index (χ3n) is 2.46. The molecule has 0 atom stereocenters. The number of pyridine rings is 1. The average molecular weight is 240 g/mol. The molecule has 0 aliphatic carbocycles. The summed E-state index contributed by atoms with van der Waals surface area (Å²) in [5.41, 5.74) is 0.711. The van der Waals surface area contributed by atoms with E-state index in [9.17, 15) is 4.79 Å². The van der Waals surface area contributed by atoms with E-state index in [0.717, 1.165) is 5.56 Å². The number of rotatable bonds is 4. The molecule has 0 unspecified atom stereocenters. The highest BCUT2D eigenvalue weighted by molar-refractivity contribution is 5.20. The van der Waals surface area contributed by atoms with Gasteiger partial charge in [-0.05, 0) is 17.7 Å². The second-order valence-corrected chi connectivity index (χ2v) is 3.74. The number of hydrogen-bond acceptors (Lipinski definition) is 3. The summed E-state index contributed by atoms with van der Waals surface area (Å²) in [6, 6.07) is 14.8. The molecule has 0 amide bonds. The van der Waals surface area contributed by atoms with Gasteiger partial charge in [0.25, 0.3) is 5.56 Å². The minimum atomic E-state index is -0.282. The van der Waals surface area contributed by atoms with Gasteiger partial charge >= 0.3 is 0 Å². The summed E-state index contributed by atoms with van der Waals surface area (Å²) in [7, 11) is 0. The van der Waals surface area contributed by atoms with Crippen LogP contribution in [0.1, 0.15) is 5.56 Å². The van der Waals surface area contributed by atoms with E-state index >= 15 is 0 Å². The van der Waals surface area contributed by atoms with Gasteiger partial charge < -0.3 is 4.74 Å². The summed E-state index contributed by atoms with van der Waals surface area (Å²) in [6.07, 6.45) is 1.57. The SMILES string of the molecule is N#CCn1cccc(OCc2ccccc2)c1=O. The van der Waals surface area contributed by atoms with Gasteiger partial charge in [0.2, 0.25) is 0 Å². The second kappa shape index (κ2) is 5.69. The number of hydrogen-bond donors (Lipinski definition) is 0. The Kier molecular flexibility index (Phi) is 3.77. The zero-order valence-electron chi connectivity index (χ0n) is 9.74. The van der Waals surface area contributed by atoms with Crippen molar-refractivity contribution >= 4 is 0 Å². The number of ether oxygens (including phenoxy) is 1. The van der Waals surface area contributed by atoms with E-state index in [1.54, 1.807) is 18.3 Å². The van der Waals surface area contributed by atoms with Crippen molar-refractivity contribution in [2.75, 3.05) is 0 Å². The van der Waals surface area contributed by atoms with E-state index in [2.05, 4.69) is 0 Å². The zero-order valence-corrected chi connectivity index (χ0v) is 9.74. The third-order valence-corrected chi connectivity index (χ3v) is 2.46. The zero-order chi connectivity index (χ0) is 12.8. The van der Waals surface area contributed by atoms with Crippen molar-refractivity contribution in [2.24, 2.45) is 0 Å². The first-order chi connectivity index (χ1) is 8.81. The number of nitriles is 1. The van der Waals surface area contributed by atoms with Crippen molar-refractivity contribution in [1.29, 1.82) is 5.26 Å². The van der Waals surface area contributed by atoms with Crippen LogP contribution in [0.25, 0.3) is 0 Å². The van der Waals surface area contributed by atoms with Crippen LogP contribution in [0.5, 0.6) is 5.75 Å². The fourth-order valence-electron chi connectivity index (χ4n) is 1.56. The molecule has 0 saturated carbocycles. The summed E-state index contributed by atoms with van der Waals surface area (Å²) in [4.78, 5) is 11.9. The number of aromatic nitrogens is 1. The Morgan fingerprint density at radius 3 is 2.67 bits per heavy atom. The summed E-state index contributed by atoms with van der Waals surface area (Å²) >= 11 is 0. The van der Waals surface area contributed by atoms with Crippen LogP contribution in [-0.4, -0.2) is 4.57 Å². The Morgan fingerprint density at radius 2 is 1.94 bits per heavy atom. The lowest BCUT2D eigenvalue weighted by molar-refractivity contribution is 0.299. The van der Waals surface area contributed by atoms with Gasteiger partial charge in [0.15, 0.2) is 5.75 Å². The van der Waals surface area contributed by atoms with E-state index in [-0.39, 0.29) is 17.9 Å². The quantitative estimate of drug-likeness (QED) is 0.820. The summed E-state index contributed by atoms with van der Waals surface area (Å²) in [5.74, 6) is 0.261. The number of nitrogens with zero attached hydrogens (tertiary/aromatic N) is 2. The van der Waals surface area contributed by atoms with Crippen LogP contribution >= 0.6 is 0 Å². The topological polar surface area (TPSA) is 55.0 Å². The Hall–Kier alpha value is -2.54. The van der Waals surface area contributed by atoms with Gasteiger partial charge in [-0.25, -0.2) is 0 Å². The lowest BCUT2D eigenvalue weighted by atomic mass is 10.2. The first kappa shape index (κ1) is 11.9. The molecule has 1 aromatic heterocycles. The second-order valence-electron chi connectivity index (χ2n) is 3.74. The normalized spacial score (nSPS) is 9.72. The fraction of sp³-hybridized carbons (Fsp3) is 0.143. The maximum absolute atomic E-state index is 11.9. The number of benzene rings is 1. The Bertz CT molecular complexity index is 612. The van der Waals surface area contributed by atoms with Gasteiger partial charge in [-0.15, -0.1) is 0 Å². The summed E-state index contributed by atoms with van der Waals surface area (Å²) in [6.45, 7) is 0.369. The van der Waals surface area contributed by atoms with Gasteiger partial charge in [-0.2, -0.15) is 5.26 Å². The van der Waals surface area contributed by atoms with Crippen LogP contribution in [0, 0.1) is 11.3 Å². The van der Waals surface area contributed by atoms with Crippen LogP contribution in [0.3, 0.4) is 0 Å². The molecule has 0 N–H and O–H groups in total. The van der Waals surface area contributed by atoms with Crippen molar-refractivity contribution < 1.29 is 4.74 Å². The third kappa shape index (κ3) is 2.77. The first-order valence-electron chi connectivity index (χ1n) is 5.54. The first-order valence-corrected chi connectivity index (χ1v) is 5.54. The fourth-order valence-corrected chi connectivity index (χ4v) is 1.56. The van der Waals surface area contributed by atoms with Crippen LogP contribution < -0.4 is 10.3 Å². The molecule has 4 nitrogen and oxygen atoms in total. The summed E-state index contributed by atoms with van der Waals surface area (Å²) < 4.78 is 6.79. The Labute approximate surface area is 105 Å². The van der Waals surface area contributed by atoms with Gasteiger partial charge in [0.05, 0.1) is 6.07 Å². The van der Waals surface area contributed by atoms with E-state index in [0.29, 0.717) is 6.61 Å². The van der Waals surface area contributed by atoms with Crippen molar-refractivity contribution in [3.05, 3.63) is 64.6 Å². The predicted molar refractivity (Wildman–Crippen MR) is 67.1 cm³/mol. The molecule has 90 valence electrons. The molecular formula is C14H12N2O2. The smallest absolute Gasteiger partial charge is 0.293 e. The molecule has 1 aromatic carbocycles. The van der Waals surface area contributed by atoms with E-state index in [1.807, 2.05) is 36.4 Å². The maximum atomic E-state index is 11.9.